The van der Waals surface area contributed by atoms with E-state index in [1.54, 1.807) is 44.5 Å². The number of nitrogens with zero attached hydrogens (tertiary/aromatic N) is 4. The van der Waals surface area contributed by atoms with Crippen LogP contribution in [-0.4, -0.2) is 49.1 Å². The molecule has 1 amide bonds. The first-order chi connectivity index (χ1) is 20.3. The number of nitrogens with one attached hydrogen (secondary N) is 2. The summed E-state index contributed by atoms with van der Waals surface area (Å²) in [6.07, 6.45) is 0. The molecule has 3 heterocycles. The van der Waals surface area contributed by atoms with Crippen molar-refractivity contribution in [2.24, 2.45) is 0 Å². The summed E-state index contributed by atoms with van der Waals surface area (Å²) in [5.74, 6) is 0.602. The van der Waals surface area contributed by atoms with E-state index in [4.69, 9.17) is 9.15 Å². The average Bonchev–Trinajstić information content (AvgIpc) is 3.61. The number of furan rings is 1. The van der Waals surface area contributed by atoms with Gasteiger partial charge in [-0.25, -0.2) is 9.37 Å². The highest BCUT2D eigenvalue weighted by Gasteiger charge is 2.24. The van der Waals surface area contributed by atoms with Crippen molar-refractivity contribution in [3.8, 4) is 45.8 Å². The highest BCUT2D eigenvalue weighted by Crippen LogP contribution is 2.41. The van der Waals surface area contributed by atoms with Crippen LogP contribution in [0.1, 0.15) is 15.9 Å². The van der Waals surface area contributed by atoms with Crippen molar-refractivity contribution in [3.05, 3.63) is 83.7 Å². The predicted molar refractivity (Wildman–Crippen MR) is 159 cm³/mol. The molecule has 0 aliphatic carbocycles. The minimum atomic E-state index is -0.388. The standard InChI is InChI=1S/C32H25FN6O3/c1-35-32(40)28-23-14-22(25(39(2)3)15-26(23)42-29(28)18-5-7-21(33)8-6-18)19-11-17(16-34)12-20(13-19)30-36-24-9-10-27(41-4)37-31(24)38-30/h5-15H,1-4H3,(H,35,40)(H,36,37,38). The van der Waals surface area contributed by atoms with Crippen LogP contribution in [-0.2, 0) is 0 Å². The molecule has 3 aromatic carbocycles. The summed E-state index contributed by atoms with van der Waals surface area (Å²) in [6, 6.07) is 20.9. The highest BCUT2D eigenvalue weighted by atomic mass is 19.1. The molecule has 0 aliphatic rings. The molecule has 9 nitrogen and oxygen atoms in total. The molecule has 0 spiro atoms. The number of aromatic amines is 1. The number of nitriles is 1. The molecule has 0 aliphatic heterocycles. The normalized spacial score (nSPS) is 11.0. The fourth-order valence-corrected chi connectivity index (χ4v) is 5.00. The lowest BCUT2D eigenvalue weighted by molar-refractivity contribution is 0.0964. The summed E-state index contributed by atoms with van der Waals surface area (Å²) in [5.41, 5.74) is 6.07. The first-order valence-electron chi connectivity index (χ1n) is 13.0. The molecule has 42 heavy (non-hydrogen) atoms. The van der Waals surface area contributed by atoms with E-state index in [2.05, 4.69) is 26.3 Å². The molecule has 0 radical (unpaired) electrons. The van der Waals surface area contributed by atoms with Gasteiger partial charge in [-0.15, -0.1) is 0 Å². The monoisotopic (exact) mass is 560 g/mol. The molecule has 0 fully saturated rings. The molecule has 0 saturated heterocycles. The lowest BCUT2D eigenvalue weighted by Crippen LogP contribution is -2.18. The largest absolute Gasteiger partial charge is 0.481 e. The first-order valence-corrected chi connectivity index (χ1v) is 13.0. The minimum absolute atomic E-state index is 0.333. The number of carbonyl (C=O) groups excluding carboxylic acids is 1. The van der Waals surface area contributed by atoms with Gasteiger partial charge in [-0.05, 0) is 60.2 Å². The minimum Gasteiger partial charge on any atom is -0.481 e. The number of anilines is 1. The average molecular weight is 561 g/mol. The zero-order valence-electron chi connectivity index (χ0n) is 23.2. The molecule has 6 rings (SSSR count). The zero-order chi connectivity index (χ0) is 29.5. The van der Waals surface area contributed by atoms with Crippen molar-refractivity contribution < 1.29 is 18.3 Å². The topological polar surface area (TPSA) is 120 Å². The van der Waals surface area contributed by atoms with Gasteiger partial charge in [0.05, 0.1) is 29.8 Å². The third kappa shape index (κ3) is 4.57. The molecule has 10 heteroatoms. The molecule has 208 valence electrons. The maximum Gasteiger partial charge on any atom is 0.255 e. The Morgan fingerprint density at radius 3 is 2.48 bits per heavy atom. The van der Waals surface area contributed by atoms with Crippen LogP contribution >= 0.6 is 0 Å². The fraction of sp³-hybridized carbons (Fsp3) is 0.125. The molecule has 2 N–H and O–H groups in total. The second-order valence-corrected chi connectivity index (χ2v) is 9.87. The van der Waals surface area contributed by atoms with Crippen LogP contribution in [0.2, 0.25) is 0 Å². The quantitative estimate of drug-likeness (QED) is 0.251. The SMILES string of the molecule is CNC(=O)c1c(-c2ccc(F)cc2)oc2cc(N(C)C)c(-c3cc(C#N)cc(-c4nc5nc(OC)ccc5[nH]4)c3)cc12. The number of halogens is 1. The number of benzene rings is 3. The Hall–Kier alpha value is -5.69. The van der Waals surface area contributed by atoms with Crippen LogP contribution in [0.3, 0.4) is 0 Å². The molecule has 0 saturated carbocycles. The number of H-pyrrole nitrogens is 1. The van der Waals surface area contributed by atoms with E-state index in [0.717, 1.165) is 22.3 Å². The van der Waals surface area contributed by atoms with Crippen LogP contribution in [0, 0.1) is 17.1 Å². The molecule has 0 unspecified atom stereocenters. The molecular weight excluding hydrogens is 535 g/mol. The Kier molecular flexibility index (Phi) is 6.55. The van der Waals surface area contributed by atoms with E-state index in [1.165, 1.54) is 12.1 Å². The smallest absolute Gasteiger partial charge is 0.255 e. The van der Waals surface area contributed by atoms with Gasteiger partial charge in [-0.2, -0.15) is 10.2 Å². The van der Waals surface area contributed by atoms with Crippen LogP contribution in [0.15, 0.2) is 71.1 Å². The van der Waals surface area contributed by atoms with Gasteiger partial charge in [0, 0.05) is 61.0 Å². The molecular formula is C32H25FN6O3. The predicted octanol–water partition coefficient (Wildman–Crippen LogP) is 6.15. The van der Waals surface area contributed by atoms with Crippen LogP contribution in [0.4, 0.5) is 10.1 Å². The summed E-state index contributed by atoms with van der Waals surface area (Å²) in [5, 5.41) is 13.2. The molecule has 3 aromatic heterocycles. The number of hydrogen-bond donors (Lipinski definition) is 2. The molecule has 0 atom stereocenters. The van der Waals surface area contributed by atoms with Gasteiger partial charge < -0.3 is 24.4 Å². The number of rotatable bonds is 6. The number of methoxy groups -OCH3 is 1. The summed E-state index contributed by atoms with van der Waals surface area (Å²) < 4.78 is 25.1. The Morgan fingerprint density at radius 2 is 1.79 bits per heavy atom. The second-order valence-electron chi connectivity index (χ2n) is 9.87. The third-order valence-electron chi connectivity index (χ3n) is 7.02. The number of hydrogen-bond acceptors (Lipinski definition) is 7. The zero-order valence-corrected chi connectivity index (χ0v) is 23.2. The number of pyridine rings is 1. The van der Waals surface area contributed by atoms with E-state index in [0.29, 0.717) is 56.3 Å². The van der Waals surface area contributed by atoms with Gasteiger partial charge in [0.15, 0.2) is 5.65 Å². The van der Waals surface area contributed by atoms with E-state index >= 15 is 0 Å². The van der Waals surface area contributed by atoms with Crippen molar-refractivity contribution in [2.45, 2.75) is 0 Å². The Balaban J connectivity index is 1.58. The van der Waals surface area contributed by atoms with Crippen LogP contribution < -0.4 is 15.0 Å². The van der Waals surface area contributed by atoms with Crippen molar-refractivity contribution in [2.75, 3.05) is 33.2 Å². The Labute approximate surface area is 240 Å². The van der Waals surface area contributed by atoms with Crippen molar-refractivity contribution in [1.29, 1.82) is 5.26 Å². The molecule has 0 bridgehead atoms. The number of carbonyl (C=O) groups is 1. The van der Waals surface area contributed by atoms with E-state index in [-0.39, 0.29) is 11.7 Å². The van der Waals surface area contributed by atoms with Crippen molar-refractivity contribution in [3.63, 3.8) is 0 Å². The maximum absolute atomic E-state index is 13.7. The Bertz CT molecular complexity index is 2040. The summed E-state index contributed by atoms with van der Waals surface area (Å²) in [7, 11) is 6.90. The number of fused-ring (bicyclic) bond motifs is 2. The number of imidazole rings is 1. The number of amides is 1. The van der Waals surface area contributed by atoms with Gasteiger partial charge in [0.1, 0.15) is 23.0 Å². The van der Waals surface area contributed by atoms with Gasteiger partial charge in [0.25, 0.3) is 5.91 Å². The van der Waals surface area contributed by atoms with E-state index in [1.807, 2.05) is 43.3 Å². The van der Waals surface area contributed by atoms with Gasteiger partial charge in [0.2, 0.25) is 5.88 Å². The third-order valence-corrected chi connectivity index (χ3v) is 7.02. The lowest BCUT2D eigenvalue weighted by Gasteiger charge is -2.18. The highest BCUT2D eigenvalue weighted by molar-refractivity contribution is 6.13. The maximum atomic E-state index is 13.7. The van der Waals surface area contributed by atoms with Gasteiger partial charge >= 0.3 is 0 Å². The first kappa shape index (κ1) is 26.5. The van der Waals surface area contributed by atoms with Crippen molar-refractivity contribution >= 4 is 33.7 Å². The van der Waals surface area contributed by atoms with Crippen molar-refractivity contribution in [1.82, 2.24) is 20.3 Å². The van der Waals surface area contributed by atoms with Crippen LogP contribution in [0.25, 0.3) is 56.0 Å². The number of aromatic nitrogens is 3. The number of ether oxygens (including phenoxy) is 1. The molecule has 6 aromatic rings. The summed E-state index contributed by atoms with van der Waals surface area (Å²) in [4.78, 5) is 27.4. The lowest BCUT2D eigenvalue weighted by atomic mass is 9.95. The summed E-state index contributed by atoms with van der Waals surface area (Å²) in [6.45, 7) is 0. The van der Waals surface area contributed by atoms with E-state index in [9.17, 15) is 14.4 Å². The second kappa shape index (κ2) is 10.4. The van der Waals surface area contributed by atoms with Crippen LogP contribution in [0.5, 0.6) is 5.88 Å². The summed E-state index contributed by atoms with van der Waals surface area (Å²) >= 11 is 0. The van der Waals surface area contributed by atoms with E-state index < -0.39 is 0 Å². The fourth-order valence-electron chi connectivity index (χ4n) is 5.00. The van der Waals surface area contributed by atoms with Gasteiger partial charge in [-0.3, -0.25) is 4.79 Å². The Morgan fingerprint density at radius 1 is 1.02 bits per heavy atom. The van der Waals surface area contributed by atoms with Gasteiger partial charge in [-0.1, -0.05) is 0 Å².